The highest BCUT2D eigenvalue weighted by atomic mass is 16.3. The Hall–Kier alpha value is -8.20. The van der Waals surface area contributed by atoms with Gasteiger partial charge in [-0.3, -0.25) is 0 Å². The van der Waals surface area contributed by atoms with Crippen LogP contribution in [0.2, 0.25) is 0 Å². The predicted octanol–water partition coefficient (Wildman–Crippen LogP) is 17.2. The zero-order chi connectivity index (χ0) is 41.0. The molecular weight excluding hydrogens is 751 g/mol. The smallest absolute Gasteiger partial charge is 0.136 e. The molecule has 2 nitrogen and oxygen atoms in total. The SMILES string of the molecule is c1cc(-c2ccc(-c3ccc4ccc5ccccc5c4c3)cc2)cc(N(c2ccc(-c3ccc4ccccc4c3)cc2)c2cccc(-c3cccc4oc5ccccc5c34)c2)c1. The third-order valence-electron chi connectivity index (χ3n) is 12.4. The van der Waals surface area contributed by atoms with Crippen LogP contribution in [-0.2, 0) is 0 Å². The molecule has 0 fully saturated rings. The second-order valence-electron chi connectivity index (χ2n) is 16.1. The molecule has 0 atom stereocenters. The Kier molecular flexibility index (Phi) is 8.53. The zero-order valence-electron chi connectivity index (χ0n) is 33.9. The molecule has 0 aliphatic carbocycles. The van der Waals surface area contributed by atoms with Gasteiger partial charge < -0.3 is 9.32 Å². The second kappa shape index (κ2) is 14.8. The summed E-state index contributed by atoms with van der Waals surface area (Å²) in [6.45, 7) is 0. The standard InChI is InChI=1S/C60H39NO/c1-2-12-46-36-48(30-26-40(46)10-1)43-32-34-51(35-33-43)61(53-16-8-14-50(38-53)55-19-9-21-59-60(55)56-18-5-6-20-58(56)62-59)52-15-7-13-47(37-52)41-22-24-42(25-23-41)49-31-29-45-28-27-44-11-3-4-17-54(44)57(45)39-49/h1-39H. The zero-order valence-corrected chi connectivity index (χ0v) is 33.9. The highest BCUT2D eigenvalue weighted by molar-refractivity contribution is 6.13. The average molecular weight is 790 g/mol. The summed E-state index contributed by atoms with van der Waals surface area (Å²) < 4.78 is 6.31. The molecule has 0 aliphatic heterocycles. The first-order valence-electron chi connectivity index (χ1n) is 21.2. The quantitative estimate of drug-likeness (QED) is 0.150. The summed E-state index contributed by atoms with van der Waals surface area (Å²) in [7, 11) is 0. The fourth-order valence-corrected chi connectivity index (χ4v) is 9.31. The van der Waals surface area contributed by atoms with Crippen LogP contribution in [0.5, 0.6) is 0 Å². The van der Waals surface area contributed by atoms with Crippen molar-refractivity contribution in [3.8, 4) is 44.5 Å². The number of nitrogens with zero attached hydrogens (tertiary/aromatic N) is 1. The van der Waals surface area contributed by atoms with Crippen LogP contribution in [-0.4, -0.2) is 0 Å². The van der Waals surface area contributed by atoms with Gasteiger partial charge in [0.2, 0.25) is 0 Å². The van der Waals surface area contributed by atoms with E-state index in [1.807, 2.05) is 12.1 Å². The lowest BCUT2D eigenvalue weighted by atomic mass is 9.96. The fourth-order valence-electron chi connectivity index (χ4n) is 9.31. The van der Waals surface area contributed by atoms with Crippen LogP contribution in [0.15, 0.2) is 241 Å². The van der Waals surface area contributed by atoms with E-state index in [0.29, 0.717) is 0 Å². The average Bonchev–Trinajstić information content (AvgIpc) is 3.73. The van der Waals surface area contributed by atoms with E-state index in [0.717, 1.165) is 55.7 Å². The maximum atomic E-state index is 6.31. The van der Waals surface area contributed by atoms with E-state index in [2.05, 4.69) is 229 Å². The third kappa shape index (κ3) is 6.29. The van der Waals surface area contributed by atoms with Gasteiger partial charge in [0.15, 0.2) is 0 Å². The van der Waals surface area contributed by atoms with Crippen LogP contribution in [0.4, 0.5) is 17.1 Å². The Labute approximate surface area is 360 Å². The number of para-hydroxylation sites is 1. The molecule has 0 radical (unpaired) electrons. The normalized spacial score (nSPS) is 11.5. The Morgan fingerprint density at radius 2 is 0.758 bits per heavy atom. The highest BCUT2D eigenvalue weighted by Gasteiger charge is 2.18. The molecule has 1 aromatic heterocycles. The van der Waals surface area contributed by atoms with Gasteiger partial charge in [-0.15, -0.1) is 0 Å². The summed E-state index contributed by atoms with van der Waals surface area (Å²) in [6.07, 6.45) is 0. The number of fused-ring (bicyclic) bond motifs is 7. The van der Waals surface area contributed by atoms with Crippen molar-refractivity contribution in [2.45, 2.75) is 0 Å². The van der Waals surface area contributed by atoms with Crippen molar-refractivity contribution in [2.24, 2.45) is 0 Å². The first kappa shape index (κ1) is 35.7. The van der Waals surface area contributed by atoms with Crippen LogP contribution in [0.25, 0.3) is 98.8 Å². The largest absolute Gasteiger partial charge is 0.456 e. The fraction of sp³-hybridized carbons (Fsp3) is 0. The Morgan fingerprint density at radius 1 is 0.258 bits per heavy atom. The minimum atomic E-state index is 0.892. The van der Waals surface area contributed by atoms with Crippen LogP contribution in [0, 0.1) is 0 Å². The van der Waals surface area contributed by atoms with Crippen molar-refractivity contribution in [2.75, 3.05) is 4.90 Å². The predicted molar refractivity (Wildman–Crippen MR) is 263 cm³/mol. The lowest BCUT2D eigenvalue weighted by Crippen LogP contribution is -2.10. The van der Waals surface area contributed by atoms with Crippen LogP contribution < -0.4 is 4.90 Å². The van der Waals surface area contributed by atoms with Crippen molar-refractivity contribution in [3.05, 3.63) is 237 Å². The van der Waals surface area contributed by atoms with Gasteiger partial charge in [0, 0.05) is 27.8 Å². The Morgan fingerprint density at radius 3 is 1.52 bits per heavy atom. The van der Waals surface area contributed by atoms with Gasteiger partial charge in [0.1, 0.15) is 11.2 Å². The van der Waals surface area contributed by atoms with E-state index in [1.54, 1.807) is 0 Å². The van der Waals surface area contributed by atoms with Crippen molar-refractivity contribution in [1.82, 2.24) is 0 Å². The molecule has 0 spiro atoms. The molecule has 12 aromatic rings. The van der Waals surface area contributed by atoms with E-state index in [-0.39, 0.29) is 0 Å². The van der Waals surface area contributed by atoms with Crippen LogP contribution >= 0.6 is 0 Å². The van der Waals surface area contributed by atoms with Crippen molar-refractivity contribution in [3.63, 3.8) is 0 Å². The summed E-state index contributed by atoms with van der Waals surface area (Å²) in [5.41, 5.74) is 14.4. The molecule has 0 amide bonds. The van der Waals surface area contributed by atoms with Crippen molar-refractivity contribution < 1.29 is 4.42 Å². The minimum Gasteiger partial charge on any atom is -0.456 e. The summed E-state index contributed by atoms with van der Waals surface area (Å²) >= 11 is 0. The van der Waals surface area contributed by atoms with Gasteiger partial charge in [0.05, 0.1) is 0 Å². The van der Waals surface area contributed by atoms with Gasteiger partial charge in [-0.25, -0.2) is 0 Å². The van der Waals surface area contributed by atoms with E-state index in [1.165, 1.54) is 60.1 Å². The topological polar surface area (TPSA) is 16.4 Å². The number of anilines is 3. The molecule has 11 aromatic carbocycles. The number of rotatable bonds is 7. The molecule has 0 unspecified atom stereocenters. The summed E-state index contributed by atoms with van der Waals surface area (Å²) in [4.78, 5) is 2.37. The van der Waals surface area contributed by atoms with Crippen LogP contribution in [0.1, 0.15) is 0 Å². The summed E-state index contributed by atoms with van der Waals surface area (Å²) in [6, 6.07) is 85.6. The molecule has 12 rings (SSSR count). The molecule has 1 heterocycles. The number of benzene rings is 11. The first-order chi connectivity index (χ1) is 30.7. The summed E-state index contributed by atoms with van der Waals surface area (Å²) in [5.74, 6) is 0. The van der Waals surface area contributed by atoms with Gasteiger partial charge >= 0.3 is 0 Å². The second-order valence-corrected chi connectivity index (χ2v) is 16.1. The molecular formula is C60H39NO. The molecule has 0 saturated heterocycles. The van der Waals surface area contributed by atoms with Gasteiger partial charge in [-0.1, -0.05) is 176 Å². The minimum absolute atomic E-state index is 0.892. The lowest BCUT2D eigenvalue weighted by Gasteiger charge is -2.27. The lowest BCUT2D eigenvalue weighted by molar-refractivity contribution is 0.669. The van der Waals surface area contributed by atoms with Gasteiger partial charge in [0.25, 0.3) is 0 Å². The molecule has 0 N–H and O–H groups in total. The highest BCUT2D eigenvalue weighted by Crippen LogP contribution is 2.42. The van der Waals surface area contributed by atoms with Gasteiger partial charge in [-0.05, 0) is 137 Å². The molecule has 0 saturated carbocycles. The third-order valence-corrected chi connectivity index (χ3v) is 12.4. The van der Waals surface area contributed by atoms with Crippen molar-refractivity contribution in [1.29, 1.82) is 0 Å². The number of hydrogen-bond donors (Lipinski definition) is 0. The van der Waals surface area contributed by atoms with E-state index in [4.69, 9.17) is 4.42 Å². The molecule has 2 heteroatoms. The van der Waals surface area contributed by atoms with E-state index >= 15 is 0 Å². The monoisotopic (exact) mass is 789 g/mol. The molecule has 62 heavy (non-hydrogen) atoms. The van der Waals surface area contributed by atoms with Crippen molar-refractivity contribution >= 4 is 71.3 Å². The number of hydrogen-bond acceptors (Lipinski definition) is 2. The Bertz CT molecular complexity index is 3630. The number of furan rings is 1. The maximum absolute atomic E-state index is 6.31. The molecule has 0 aliphatic rings. The first-order valence-corrected chi connectivity index (χ1v) is 21.2. The summed E-state index contributed by atoms with van der Waals surface area (Å²) in [5, 5.41) is 9.82. The maximum Gasteiger partial charge on any atom is 0.136 e. The molecule has 0 bridgehead atoms. The van der Waals surface area contributed by atoms with E-state index < -0.39 is 0 Å². The van der Waals surface area contributed by atoms with Gasteiger partial charge in [-0.2, -0.15) is 0 Å². The Balaban J connectivity index is 0.942. The van der Waals surface area contributed by atoms with Crippen LogP contribution in [0.3, 0.4) is 0 Å². The molecule has 290 valence electrons. The van der Waals surface area contributed by atoms with E-state index in [9.17, 15) is 0 Å².